The molecule has 1 rings (SSSR count). The van der Waals surface area contributed by atoms with Crippen LogP contribution in [0.2, 0.25) is 10.0 Å². The van der Waals surface area contributed by atoms with E-state index < -0.39 is 5.41 Å². The van der Waals surface area contributed by atoms with Crippen molar-refractivity contribution in [2.45, 2.75) is 13.8 Å². The second kappa shape index (κ2) is 4.73. The van der Waals surface area contributed by atoms with Crippen LogP contribution in [0.4, 0.5) is 0 Å². The lowest BCUT2D eigenvalue weighted by Gasteiger charge is -2.24. The van der Waals surface area contributed by atoms with E-state index in [0.717, 1.165) is 0 Å². The van der Waals surface area contributed by atoms with Gasteiger partial charge in [-0.15, -0.1) is 11.6 Å². The predicted octanol–water partition coefficient (Wildman–Crippen LogP) is 4.63. The third-order valence-corrected chi connectivity index (χ3v) is 3.52. The zero-order chi connectivity index (χ0) is 11.6. The van der Waals surface area contributed by atoms with Crippen molar-refractivity contribution in [2.75, 3.05) is 5.88 Å². The van der Waals surface area contributed by atoms with Crippen molar-refractivity contribution in [1.82, 2.24) is 0 Å². The second-order valence-corrected chi connectivity index (χ2v) is 5.07. The van der Waals surface area contributed by atoms with E-state index in [2.05, 4.69) is 0 Å². The Labute approximate surface area is 105 Å². The molecule has 0 atom stereocenters. The average Bonchev–Trinajstić information content (AvgIpc) is 2.17. The molecule has 0 saturated heterocycles. The predicted molar refractivity (Wildman–Crippen MR) is 67.8 cm³/mol. The van der Waals surface area contributed by atoms with E-state index in [4.69, 9.17) is 40.2 Å². The monoisotopic (exact) mass is 263 g/mol. The van der Waals surface area contributed by atoms with Gasteiger partial charge in [0.05, 0.1) is 10.0 Å². The maximum absolute atomic E-state index is 8.06. The molecule has 1 N–H and O–H groups in total. The molecule has 0 heterocycles. The molecule has 0 saturated carbocycles. The van der Waals surface area contributed by atoms with Crippen LogP contribution >= 0.6 is 34.8 Å². The Hall–Kier alpha value is -0.240. The molecule has 0 radical (unpaired) electrons. The molecular weight excluding hydrogens is 252 g/mol. The van der Waals surface area contributed by atoms with Gasteiger partial charge in [-0.2, -0.15) is 0 Å². The maximum atomic E-state index is 8.06. The SMILES string of the molecule is CC(C)(CCl)C(=N)c1c(Cl)cccc1Cl. The van der Waals surface area contributed by atoms with Gasteiger partial charge in [-0.3, -0.25) is 0 Å². The Kier molecular flexibility index (Phi) is 4.05. The number of alkyl halides is 1. The number of hydrogen-bond acceptors (Lipinski definition) is 1. The van der Waals surface area contributed by atoms with Gasteiger partial charge in [0, 0.05) is 22.6 Å². The van der Waals surface area contributed by atoms with E-state index in [1.165, 1.54) is 0 Å². The lowest BCUT2D eigenvalue weighted by Crippen LogP contribution is -2.26. The summed E-state index contributed by atoms with van der Waals surface area (Å²) >= 11 is 17.9. The maximum Gasteiger partial charge on any atom is 0.0511 e. The highest BCUT2D eigenvalue weighted by Crippen LogP contribution is 2.32. The second-order valence-electron chi connectivity index (χ2n) is 3.99. The van der Waals surface area contributed by atoms with Crippen LogP contribution in [0.25, 0.3) is 0 Å². The summed E-state index contributed by atoms with van der Waals surface area (Å²) in [5.74, 6) is 0.355. The number of hydrogen-bond donors (Lipinski definition) is 1. The van der Waals surface area contributed by atoms with E-state index in [1.807, 2.05) is 13.8 Å². The molecule has 15 heavy (non-hydrogen) atoms. The molecule has 0 spiro atoms. The largest absolute Gasteiger partial charge is 0.304 e. The lowest BCUT2D eigenvalue weighted by atomic mass is 9.85. The first-order valence-corrected chi connectivity index (χ1v) is 5.78. The summed E-state index contributed by atoms with van der Waals surface area (Å²) in [5.41, 5.74) is 0.510. The molecule has 1 aromatic carbocycles. The molecule has 0 aliphatic heterocycles. The first-order valence-electron chi connectivity index (χ1n) is 4.49. The molecule has 1 nitrogen and oxygen atoms in total. The fraction of sp³-hybridized carbons (Fsp3) is 0.364. The summed E-state index contributed by atoms with van der Waals surface area (Å²) in [5, 5.41) is 9.04. The van der Waals surface area contributed by atoms with Crippen molar-refractivity contribution in [2.24, 2.45) is 5.41 Å². The molecule has 0 aliphatic carbocycles. The molecule has 1 aromatic rings. The minimum absolute atomic E-state index is 0.355. The lowest BCUT2D eigenvalue weighted by molar-refractivity contribution is 0.597. The molecule has 0 aliphatic rings. The Morgan fingerprint density at radius 2 is 1.73 bits per heavy atom. The molecule has 0 bridgehead atoms. The van der Waals surface area contributed by atoms with E-state index in [1.54, 1.807) is 18.2 Å². The molecular formula is C11H12Cl3N. The number of nitrogens with one attached hydrogen (secondary N) is 1. The first-order chi connectivity index (χ1) is 6.90. The minimum Gasteiger partial charge on any atom is -0.304 e. The van der Waals surface area contributed by atoms with Gasteiger partial charge in [-0.05, 0) is 12.1 Å². The molecule has 0 aromatic heterocycles. The molecule has 4 heteroatoms. The Balaban J connectivity index is 3.23. The van der Waals surface area contributed by atoms with Gasteiger partial charge in [-0.1, -0.05) is 43.1 Å². The summed E-state index contributed by atoms with van der Waals surface area (Å²) in [4.78, 5) is 0. The Bertz CT molecular complexity index is 365. The van der Waals surface area contributed by atoms with E-state index in [9.17, 15) is 0 Å². The van der Waals surface area contributed by atoms with E-state index in [0.29, 0.717) is 27.2 Å². The number of rotatable bonds is 3. The molecule has 0 unspecified atom stereocenters. The molecule has 82 valence electrons. The third-order valence-electron chi connectivity index (χ3n) is 2.22. The van der Waals surface area contributed by atoms with E-state index >= 15 is 0 Å². The van der Waals surface area contributed by atoms with Crippen molar-refractivity contribution in [3.63, 3.8) is 0 Å². The quantitative estimate of drug-likeness (QED) is 0.608. The normalized spacial score (nSPS) is 11.5. The van der Waals surface area contributed by atoms with Crippen LogP contribution in [0, 0.1) is 10.8 Å². The average molecular weight is 265 g/mol. The van der Waals surface area contributed by atoms with Gasteiger partial charge in [-0.25, -0.2) is 0 Å². The highest BCUT2D eigenvalue weighted by molar-refractivity contribution is 6.40. The van der Waals surface area contributed by atoms with E-state index in [-0.39, 0.29) is 0 Å². The highest BCUT2D eigenvalue weighted by Gasteiger charge is 2.26. The zero-order valence-electron chi connectivity index (χ0n) is 8.57. The van der Waals surface area contributed by atoms with Gasteiger partial charge in [0.25, 0.3) is 0 Å². The van der Waals surface area contributed by atoms with Crippen LogP contribution < -0.4 is 0 Å². The Morgan fingerprint density at radius 3 is 2.13 bits per heavy atom. The van der Waals surface area contributed by atoms with Gasteiger partial charge in [0.2, 0.25) is 0 Å². The summed E-state index contributed by atoms with van der Waals surface area (Å²) in [7, 11) is 0. The summed E-state index contributed by atoms with van der Waals surface area (Å²) in [6, 6.07) is 5.21. The van der Waals surface area contributed by atoms with Gasteiger partial charge in [0.1, 0.15) is 0 Å². The van der Waals surface area contributed by atoms with Crippen molar-refractivity contribution in [1.29, 1.82) is 5.41 Å². The molecule has 0 amide bonds. The highest BCUT2D eigenvalue weighted by atomic mass is 35.5. The zero-order valence-corrected chi connectivity index (χ0v) is 10.8. The van der Waals surface area contributed by atoms with Crippen LogP contribution in [-0.2, 0) is 0 Å². The fourth-order valence-electron chi connectivity index (χ4n) is 1.14. The summed E-state index contributed by atoms with van der Waals surface area (Å²) in [6.45, 7) is 3.78. The first kappa shape index (κ1) is 12.8. The van der Waals surface area contributed by atoms with Crippen LogP contribution in [0.5, 0.6) is 0 Å². The van der Waals surface area contributed by atoms with Gasteiger partial charge in [0.15, 0.2) is 0 Å². The third kappa shape index (κ3) is 2.66. The summed E-state index contributed by atoms with van der Waals surface area (Å²) in [6.07, 6.45) is 0. The summed E-state index contributed by atoms with van der Waals surface area (Å²) < 4.78 is 0. The van der Waals surface area contributed by atoms with Crippen LogP contribution in [0.1, 0.15) is 19.4 Å². The van der Waals surface area contributed by atoms with Crippen molar-refractivity contribution >= 4 is 40.5 Å². The number of halogens is 3. The van der Waals surface area contributed by atoms with Crippen LogP contribution in [0.15, 0.2) is 18.2 Å². The van der Waals surface area contributed by atoms with Crippen molar-refractivity contribution in [3.05, 3.63) is 33.8 Å². The smallest absolute Gasteiger partial charge is 0.0511 e. The minimum atomic E-state index is -0.434. The standard InChI is InChI=1S/C11H12Cl3N/c1-11(2,6-12)10(15)9-7(13)4-3-5-8(9)14/h3-5,15H,6H2,1-2H3. The van der Waals surface area contributed by atoms with Gasteiger partial charge >= 0.3 is 0 Å². The number of benzene rings is 1. The van der Waals surface area contributed by atoms with Gasteiger partial charge < -0.3 is 5.41 Å². The van der Waals surface area contributed by atoms with Crippen molar-refractivity contribution < 1.29 is 0 Å². The topological polar surface area (TPSA) is 23.9 Å². The molecule has 0 fully saturated rings. The fourth-order valence-corrected chi connectivity index (χ4v) is 1.86. The van der Waals surface area contributed by atoms with Crippen molar-refractivity contribution in [3.8, 4) is 0 Å². The van der Waals surface area contributed by atoms with Crippen LogP contribution in [0.3, 0.4) is 0 Å². The van der Waals surface area contributed by atoms with Crippen LogP contribution in [-0.4, -0.2) is 11.6 Å². The Morgan fingerprint density at radius 1 is 1.27 bits per heavy atom.